The zero-order valence-electron chi connectivity index (χ0n) is 16.9. The highest BCUT2D eigenvalue weighted by Gasteiger charge is 2.29. The molecule has 150 valence electrons. The number of benzene rings is 3. The molecule has 0 spiro atoms. The average molecular weight is 398 g/mol. The molecule has 0 unspecified atom stereocenters. The minimum absolute atomic E-state index is 0.0251. The van der Waals surface area contributed by atoms with Crippen LogP contribution in [0.1, 0.15) is 57.7 Å². The van der Waals surface area contributed by atoms with E-state index in [1.165, 1.54) is 29.8 Å². The molecule has 0 fully saturated rings. The maximum absolute atomic E-state index is 12.8. The minimum Gasteiger partial charge on any atom is -0.478 e. The van der Waals surface area contributed by atoms with E-state index in [2.05, 4.69) is 32.1 Å². The molecule has 4 rings (SSSR count). The number of carbonyl (C=O) groups excluding carboxylic acids is 1. The van der Waals surface area contributed by atoms with E-state index in [9.17, 15) is 9.59 Å². The predicted molar refractivity (Wildman–Crippen MR) is 116 cm³/mol. The van der Waals surface area contributed by atoms with Gasteiger partial charge in [0.1, 0.15) is 5.75 Å². The van der Waals surface area contributed by atoms with Gasteiger partial charge in [0.05, 0.1) is 11.1 Å². The van der Waals surface area contributed by atoms with Crippen molar-refractivity contribution in [3.63, 3.8) is 0 Å². The Morgan fingerprint density at radius 2 is 1.57 bits per heavy atom. The third-order valence-corrected chi connectivity index (χ3v) is 5.49. The van der Waals surface area contributed by atoms with Crippen molar-refractivity contribution < 1.29 is 19.4 Å². The van der Waals surface area contributed by atoms with Gasteiger partial charge in [-0.15, -0.1) is 0 Å². The quantitative estimate of drug-likeness (QED) is 0.451. The monoisotopic (exact) mass is 398 g/mol. The van der Waals surface area contributed by atoms with Gasteiger partial charge in [-0.3, -0.25) is 0 Å². The summed E-state index contributed by atoms with van der Waals surface area (Å²) in [7, 11) is 0. The maximum atomic E-state index is 12.8. The van der Waals surface area contributed by atoms with Crippen molar-refractivity contribution in [2.45, 2.75) is 25.7 Å². The molecule has 30 heavy (non-hydrogen) atoms. The van der Waals surface area contributed by atoms with Crippen LogP contribution in [-0.4, -0.2) is 17.0 Å². The molecule has 0 atom stereocenters. The second-order valence-corrected chi connectivity index (χ2v) is 8.05. The van der Waals surface area contributed by atoms with Gasteiger partial charge in [-0.05, 0) is 70.5 Å². The van der Waals surface area contributed by atoms with Gasteiger partial charge in [0.2, 0.25) is 0 Å². The number of esters is 1. The van der Waals surface area contributed by atoms with Gasteiger partial charge in [-0.2, -0.15) is 0 Å². The average Bonchev–Trinajstić information content (AvgIpc) is 2.74. The molecular formula is C26H22O4. The van der Waals surface area contributed by atoms with Gasteiger partial charge in [-0.25, -0.2) is 9.59 Å². The number of aromatic carboxylic acids is 1. The summed E-state index contributed by atoms with van der Waals surface area (Å²) in [4.78, 5) is 23.7. The fourth-order valence-electron chi connectivity index (χ4n) is 3.78. The van der Waals surface area contributed by atoms with Crippen molar-refractivity contribution in [2.75, 3.05) is 0 Å². The number of fused-ring (bicyclic) bond motifs is 1. The van der Waals surface area contributed by atoms with Gasteiger partial charge >= 0.3 is 11.9 Å². The van der Waals surface area contributed by atoms with Gasteiger partial charge < -0.3 is 9.84 Å². The second kappa shape index (κ2) is 7.64. The van der Waals surface area contributed by atoms with Crippen molar-refractivity contribution in [1.29, 1.82) is 0 Å². The lowest BCUT2D eigenvalue weighted by Gasteiger charge is -2.32. The summed E-state index contributed by atoms with van der Waals surface area (Å²) in [6.07, 6.45) is 3.15. The van der Waals surface area contributed by atoms with Crippen LogP contribution in [0.5, 0.6) is 5.75 Å². The van der Waals surface area contributed by atoms with E-state index in [-0.39, 0.29) is 11.0 Å². The van der Waals surface area contributed by atoms with Crippen LogP contribution < -0.4 is 4.74 Å². The third-order valence-electron chi connectivity index (χ3n) is 5.49. The molecule has 1 N–H and O–H groups in total. The van der Waals surface area contributed by atoms with Crippen LogP contribution in [0.25, 0.3) is 5.57 Å². The van der Waals surface area contributed by atoms with Crippen LogP contribution in [0.2, 0.25) is 0 Å². The van der Waals surface area contributed by atoms with E-state index in [4.69, 9.17) is 9.84 Å². The predicted octanol–water partition coefficient (Wildman–Crippen LogP) is 5.72. The first-order valence-electron chi connectivity index (χ1n) is 9.81. The van der Waals surface area contributed by atoms with Gasteiger partial charge in [0.25, 0.3) is 0 Å². The fourth-order valence-corrected chi connectivity index (χ4v) is 3.78. The van der Waals surface area contributed by atoms with Crippen molar-refractivity contribution in [3.05, 3.63) is 107 Å². The number of carboxylic acids is 1. The zero-order chi connectivity index (χ0) is 21.3. The number of hydrogen-bond donors (Lipinski definition) is 1. The highest BCUT2D eigenvalue weighted by Crippen LogP contribution is 2.41. The molecule has 3 aromatic carbocycles. The zero-order valence-corrected chi connectivity index (χ0v) is 16.9. The van der Waals surface area contributed by atoms with Gasteiger partial charge in [-0.1, -0.05) is 56.3 Å². The Kier molecular flexibility index (Phi) is 5.00. The Morgan fingerprint density at radius 3 is 2.23 bits per heavy atom. The summed E-state index contributed by atoms with van der Waals surface area (Å²) in [5.41, 5.74) is 5.04. The van der Waals surface area contributed by atoms with Gasteiger partial charge in [0, 0.05) is 0 Å². The summed E-state index contributed by atoms with van der Waals surface area (Å²) < 4.78 is 5.47. The topological polar surface area (TPSA) is 63.6 Å². The minimum atomic E-state index is -1.02. The van der Waals surface area contributed by atoms with E-state index >= 15 is 0 Å². The first kappa shape index (κ1) is 19.6. The number of allylic oxidation sites excluding steroid dienone is 1. The SMILES string of the molecule is CC1(C)CC=C(c2ccccc2)c2cc(C(=O)Oc3ccc(C(=O)O)cc3)ccc21. The van der Waals surface area contributed by atoms with Crippen LogP contribution in [0.15, 0.2) is 78.9 Å². The van der Waals surface area contributed by atoms with E-state index in [0.717, 1.165) is 23.1 Å². The molecule has 4 heteroatoms. The first-order chi connectivity index (χ1) is 14.3. The normalized spacial score (nSPS) is 14.4. The van der Waals surface area contributed by atoms with Crippen LogP contribution in [-0.2, 0) is 5.41 Å². The van der Waals surface area contributed by atoms with Crippen molar-refractivity contribution in [2.24, 2.45) is 0 Å². The summed E-state index contributed by atoms with van der Waals surface area (Å²) >= 11 is 0. The first-order valence-corrected chi connectivity index (χ1v) is 9.81. The molecule has 0 aromatic heterocycles. The lowest BCUT2D eigenvalue weighted by Crippen LogP contribution is -2.22. The fraction of sp³-hybridized carbons (Fsp3) is 0.154. The summed E-state index contributed by atoms with van der Waals surface area (Å²) in [6, 6.07) is 21.6. The molecular weight excluding hydrogens is 376 g/mol. The summed E-state index contributed by atoms with van der Waals surface area (Å²) in [6.45, 7) is 4.40. The Hall–Kier alpha value is -3.66. The Labute approximate surface area is 175 Å². The molecule has 1 aliphatic carbocycles. The highest BCUT2D eigenvalue weighted by molar-refractivity contribution is 5.94. The number of carboxylic acid groups (broad SMARTS) is 1. The molecule has 3 aromatic rings. The van der Waals surface area contributed by atoms with Crippen molar-refractivity contribution in [3.8, 4) is 5.75 Å². The summed E-state index contributed by atoms with van der Waals surface area (Å²) in [5, 5.41) is 9.00. The van der Waals surface area contributed by atoms with Crippen molar-refractivity contribution in [1.82, 2.24) is 0 Å². The smallest absolute Gasteiger partial charge is 0.343 e. The number of hydrogen-bond acceptors (Lipinski definition) is 3. The molecule has 0 bridgehead atoms. The number of rotatable bonds is 4. The van der Waals surface area contributed by atoms with Crippen molar-refractivity contribution >= 4 is 17.5 Å². The molecule has 4 nitrogen and oxygen atoms in total. The van der Waals surface area contributed by atoms with E-state index in [1.807, 2.05) is 30.3 Å². The lowest BCUT2D eigenvalue weighted by atomic mass is 9.72. The Balaban J connectivity index is 1.67. The largest absolute Gasteiger partial charge is 0.478 e. The lowest BCUT2D eigenvalue weighted by molar-refractivity contribution is 0.0696. The molecule has 0 heterocycles. The highest BCUT2D eigenvalue weighted by atomic mass is 16.5. The molecule has 0 aliphatic heterocycles. The van der Waals surface area contributed by atoms with E-state index in [1.54, 1.807) is 6.07 Å². The molecule has 0 amide bonds. The molecule has 1 aliphatic rings. The van der Waals surface area contributed by atoms with Gasteiger partial charge in [0.15, 0.2) is 0 Å². The molecule has 0 saturated carbocycles. The number of ether oxygens (including phenoxy) is 1. The second-order valence-electron chi connectivity index (χ2n) is 8.05. The molecule has 0 radical (unpaired) electrons. The molecule has 0 saturated heterocycles. The summed E-state index contributed by atoms with van der Waals surface area (Å²) in [5.74, 6) is -1.19. The van der Waals surface area contributed by atoms with E-state index in [0.29, 0.717) is 11.3 Å². The van der Waals surface area contributed by atoms with Crippen LogP contribution in [0.4, 0.5) is 0 Å². The standard InChI is InChI=1S/C26H22O4/c1-26(2)15-14-21(17-6-4-3-5-7-17)22-16-19(10-13-23(22)26)25(29)30-20-11-8-18(9-12-20)24(27)28/h3-14,16H,15H2,1-2H3,(H,27,28). The van der Waals surface area contributed by atoms with Crippen LogP contribution in [0, 0.1) is 0 Å². The van der Waals surface area contributed by atoms with E-state index < -0.39 is 11.9 Å². The maximum Gasteiger partial charge on any atom is 0.343 e. The van der Waals surface area contributed by atoms with Crippen LogP contribution >= 0.6 is 0 Å². The Bertz CT molecular complexity index is 1140. The Morgan fingerprint density at radius 1 is 0.900 bits per heavy atom. The van der Waals surface area contributed by atoms with Crippen LogP contribution in [0.3, 0.4) is 0 Å². The third kappa shape index (κ3) is 3.77. The number of carbonyl (C=O) groups is 2.